The van der Waals surface area contributed by atoms with Gasteiger partial charge in [-0.1, -0.05) is 17.7 Å². The van der Waals surface area contributed by atoms with Crippen molar-refractivity contribution >= 4 is 23.5 Å². The Balaban J connectivity index is 1.15. The summed E-state index contributed by atoms with van der Waals surface area (Å²) in [7, 11) is 0. The maximum absolute atomic E-state index is 14.9. The number of benzene rings is 1. The second kappa shape index (κ2) is 16.5. The third-order valence-electron chi connectivity index (χ3n) is 8.26. The molecule has 1 amide bonds. The van der Waals surface area contributed by atoms with Crippen molar-refractivity contribution in [3.63, 3.8) is 0 Å². The Bertz CT molecular complexity index is 1160. The van der Waals surface area contributed by atoms with E-state index in [2.05, 4.69) is 14.9 Å². The lowest BCUT2D eigenvalue weighted by molar-refractivity contribution is -0.130. The quantitative estimate of drug-likeness (QED) is 0.242. The van der Waals surface area contributed by atoms with E-state index in [1.165, 1.54) is 6.07 Å². The molecule has 2 saturated heterocycles. The third kappa shape index (κ3) is 9.95. The molecule has 0 aliphatic carbocycles. The van der Waals surface area contributed by atoms with Crippen LogP contribution in [0, 0.1) is 11.7 Å². The van der Waals surface area contributed by atoms with E-state index in [-0.39, 0.29) is 18.9 Å². The van der Waals surface area contributed by atoms with Crippen LogP contribution in [0.25, 0.3) is 0 Å². The van der Waals surface area contributed by atoms with E-state index in [4.69, 9.17) is 21.4 Å². The highest BCUT2D eigenvalue weighted by atomic mass is 35.5. The number of piperidine rings is 1. The summed E-state index contributed by atoms with van der Waals surface area (Å²) in [5.74, 6) is 1.10. The van der Waals surface area contributed by atoms with Gasteiger partial charge in [-0.3, -0.25) is 9.69 Å². The first-order valence-corrected chi connectivity index (χ1v) is 15.4. The molecule has 0 saturated carbocycles. The van der Waals surface area contributed by atoms with Crippen LogP contribution in [0.4, 0.5) is 10.3 Å². The Morgan fingerprint density at radius 3 is 2.49 bits per heavy atom. The summed E-state index contributed by atoms with van der Waals surface area (Å²) in [6, 6.07) is 4.64. The van der Waals surface area contributed by atoms with Gasteiger partial charge in [0.05, 0.1) is 43.2 Å². The van der Waals surface area contributed by atoms with Gasteiger partial charge in [-0.25, -0.2) is 14.4 Å². The van der Waals surface area contributed by atoms with Gasteiger partial charge >= 0.3 is 0 Å². The number of aromatic nitrogens is 2. The molecule has 2 fully saturated rings. The average molecular weight is 624 g/mol. The molecule has 43 heavy (non-hydrogen) atoms. The molecule has 1 aromatic heterocycles. The topological polar surface area (TPSA) is 143 Å². The Labute approximate surface area is 256 Å². The van der Waals surface area contributed by atoms with Gasteiger partial charge in [-0.2, -0.15) is 0 Å². The van der Waals surface area contributed by atoms with Crippen molar-refractivity contribution in [3.05, 3.63) is 47.0 Å². The van der Waals surface area contributed by atoms with Crippen LogP contribution in [0.15, 0.2) is 30.6 Å². The number of rotatable bonds is 13. The normalized spacial score (nSPS) is 19.1. The van der Waals surface area contributed by atoms with Crippen LogP contribution in [0.3, 0.4) is 0 Å². The molecule has 0 bridgehead atoms. The number of hydrogen-bond acceptors (Lipinski definition) is 10. The molecule has 3 atom stereocenters. The standard InChI is InChI=1S/C30H43ClFN5O6/c31-23-17-33-30(34-18-23)37-10-6-21(7-11-37)3-1-14-43-24-5-4-22(25(32)16-24)15-28(41)36-9-2-8-35(12-13-36)19-26(39)29(42)27(40)20-38/h4-5,16-18,21,26-27,29,38-40,42H,1-3,6-15,19-20H2. The number of carbonyl (C=O) groups excluding carboxylic acids is 1. The van der Waals surface area contributed by atoms with E-state index in [0.29, 0.717) is 67.4 Å². The van der Waals surface area contributed by atoms with Gasteiger partial charge in [0.2, 0.25) is 11.9 Å². The first-order chi connectivity index (χ1) is 20.7. The number of hydrogen-bond donors (Lipinski definition) is 4. The highest BCUT2D eigenvalue weighted by molar-refractivity contribution is 6.30. The zero-order valence-corrected chi connectivity index (χ0v) is 25.2. The molecule has 0 spiro atoms. The summed E-state index contributed by atoms with van der Waals surface area (Å²) in [4.78, 5) is 27.3. The lowest BCUT2D eigenvalue weighted by atomic mass is 9.92. The first-order valence-electron chi connectivity index (χ1n) is 15.0. The Kier molecular flexibility index (Phi) is 12.7. The summed E-state index contributed by atoms with van der Waals surface area (Å²) in [5.41, 5.74) is 0.311. The average Bonchev–Trinajstić information content (AvgIpc) is 3.26. The van der Waals surface area contributed by atoms with Crippen molar-refractivity contribution in [1.29, 1.82) is 0 Å². The van der Waals surface area contributed by atoms with Crippen LogP contribution in [0.1, 0.15) is 37.7 Å². The van der Waals surface area contributed by atoms with E-state index in [0.717, 1.165) is 38.8 Å². The lowest BCUT2D eigenvalue weighted by Gasteiger charge is -2.31. The van der Waals surface area contributed by atoms with Gasteiger partial charge in [0.25, 0.3) is 0 Å². The second-order valence-electron chi connectivity index (χ2n) is 11.4. The van der Waals surface area contributed by atoms with Crippen LogP contribution in [-0.4, -0.2) is 123 Å². The van der Waals surface area contributed by atoms with E-state index < -0.39 is 30.7 Å². The maximum atomic E-state index is 14.9. The summed E-state index contributed by atoms with van der Waals surface area (Å²) in [6.07, 6.45) is 3.73. The molecular weight excluding hydrogens is 581 g/mol. The Morgan fingerprint density at radius 2 is 1.79 bits per heavy atom. The Morgan fingerprint density at radius 1 is 1.05 bits per heavy atom. The third-order valence-corrected chi connectivity index (χ3v) is 8.45. The number of nitrogens with zero attached hydrogens (tertiary/aromatic N) is 5. The molecule has 11 nitrogen and oxygen atoms in total. The fraction of sp³-hybridized carbons (Fsp3) is 0.633. The number of amides is 1. The molecule has 2 aliphatic heterocycles. The predicted octanol–water partition coefficient (Wildman–Crippen LogP) is 1.50. The smallest absolute Gasteiger partial charge is 0.227 e. The predicted molar refractivity (Wildman–Crippen MR) is 160 cm³/mol. The summed E-state index contributed by atoms with van der Waals surface area (Å²) < 4.78 is 20.7. The van der Waals surface area contributed by atoms with E-state index in [9.17, 15) is 24.5 Å². The minimum Gasteiger partial charge on any atom is -0.493 e. The van der Waals surface area contributed by atoms with Crippen LogP contribution in [0.5, 0.6) is 5.75 Å². The highest BCUT2D eigenvalue weighted by Crippen LogP contribution is 2.25. The van der Waals surface area contributed by atoms with E-state index in [1.807, 2.05) is 4.90 Å². The zero-order chi connectivity index (χ0) is 30.8. The van der Waals surface area contributed by atoms with Crippen LogP contribution in [0.2, 0.25) is 5.02 Å². The molecule has 2 aromatic rings. The van der Waals surface area contributed by atoms with Crippen LogP contribution < -0.4 is 9.64 Å². The van der Waals surface area contributed by atoms with Crippen molar-refractivity contribution in [2.45, 2.75) is 56.8 Å². The number of halogens is 2. The van der Waals surface area contributed by atoms with Crippen molar-refractivity contribution in [2.24, 2.45) is 5.92 Å². The van der Waals surface area contributed by atoms with Crippen LogP contribution in [-0.2, 0) is 11.2 Å². The molecular formula is C30H43ClFN5O6. The first kappa shape index (κ1) is 33.3. The number of β-amino-alcohol motifs (C(OH)–C–C–N with tert-alkyl or cyclic N) is 1. The molecule has 3 unspecified atom stereocenters. The molecule has 3 heterocycles. The van der Waals surface area contributed by atoms with E-state index >= 15 is 0 Å². The Hall–Kier alpha value is -2.61. The van der Waals surface area contributed by atoms with Gasteiger partial charge in [0.1, 0.15) is 23.8 Å². The van der Waals surface area contributed by atoms with Gasteiger partial charge in [0.15, 0.2) is 0 Å². The van der Waals surface area contributed by atoms with Crippen LogP contribution >= 0.6 is 11.6 Å². The zero-order valence-electron chi connectivity index (χ0n) is 24.4. The fourth-order valence-corrected chi connectivity index (χ4v) is 5.73. The van der Waals surface area contributed by atoms with Gasteiger partial charge in [-0.05, 0) is 56.2 Å². The fourth-order valence-electron chi connectivity index (χ4n) is 5.63. The highest BCUT2D eigenvalue weighted by Gasteiger charge is 2.28. The monoisotopic (exact) mass is 623 g/mol. The summed E-state index contributed by atoms with van der Waals surface area (Å²) >= 11 is 5.88. The summed E-state index contributed by atoms with van der Waals surface area (Å²) in [6.45, 7) is 3.73. The van der Waals surface area contributed by atoms with Gasteiger partial charge < -0.3 is 35.0 Å². The molecule has 2 aliphatic rings. The number of anilines is 1. The minimum atomic E-state index is -1.46. The largest absolute Gasteiger partial charge is 0.493 e. The van der Waals surface area contributed by atoms with Crippen molar-refractivity contribution in [1.82, 2.24) is 19.8 Å². The molecule has 1 aromatic carbocycles. The SMILES string of the molecule is O=C(Cc1ccc(OCCCC2CCN(c3ncc(Cl)cn3)CC2)cc1F)N1CCCN(CC(O)C(O)C(O)CO)CC1. The van der Waals surface area contributed by atoms with Crippen molar-refractivity contribution in [3.8, 4) is 5.75 Å². The maximum Gasteiger partial charge on any atom is 0.227 e. The number of ether oxygens (including phenoxy) is 1. The van der Waals surface area contributed by atoms with E-state index in [1.54, 1.807) is 29.4 Å². The van der Waals surface area contributed by atoms with Crippen molar-refractivity contribution in [2.75, 3.05) is 63.9 Å². The molecule has 0 radical (unpaired) electrons. The number of carbonyl (C=O) groups is 1. The van der Waals surface area contributed by atoms with Gasteiger partial charge in [0, 0.05) is 45.3 Å². The van der Waals surface area contributed by atoms with Gasteiger partial charge in [-0.15, -0.1) is 0 Å². The number of aliphatic hydroxyl groups excluding tert-OH is 4. The minimum absolute atomic E-state index is 0.0596. The number of aliphatic hydroxyl groups is 4. The second-order valence-corrected chi connectivity index (χ2v) is 11.8. The lowest BCUT2D eigenvalue weighted by Crippen LogP contribution is -2.46. The molecule has 238 valence electrons. The van der Waals surface area contributed by atoms with Crippen molar-refractivity contribution < 1.29 is 34.3 Å². The molecule has 4 N–H and O–H groups in total. The summed E-state index contributed by atoms with van der Waals surface area (Å²) in [5, 5.41) is 39.1. The molecule has 4 rings (SSSR count). The molecule has 13 heteroatoms.